The van der Waals surface area contributed by atoms with Gasteiger partial charge in [-0.1, -0.05) is 13.8 Å². The van der Waals surface area contributed by atoms with Gasteiger partial charge >= 0.3 is 5.97 Å². The molecule has 10 heteroatoms. The summed E-state index contributed by atoms with van der Waals surface area (Å²) in [6, 6.07) is 3.49. The lowest BCUT2D eigenvalue weighted by Crippen LogP contribution is -2.61. The fraction of sp³-hybridized carbons (Fsp3) is 0.615. The molecule has 4 fully saturated rings. The number of aliphatic carboxylic acids is 1. The monoisotopic (exact) mass is 514 g/mol. The molecule has 0 saturated heterocycles. The summed E-state index contributed by atoms with van der Waals surface area (Å²) in [6.45, 7) is 4.66. The minimum Gasteiger partial charge on any atom is -0.481 e. The number of carboxylic acids is 1. The van der Waals surface area contributed by atoms with Crippen molar-refractivity contribution in [2.75, 3.05) is 11.9 Å². The topological polar surface area (TPSA) is 134 Å². The number of carboxylic acid groups (broad SMARTS) is 1. The van der Waals surface area contributed by atoms with E-state index < -0.39 is 11.6 Å². The number of aromatic nitrogens is 2. The van der Waals surface area contributed by atoms with Crippen molar-refractivity contribution in [1.29, 1.82) is 0 Å². The van der Waals surface area contributed by atoms with Crippen LogP contribution in [0, 0.1) is 23.7 Å². The van der Waals surface area contributed by atoms with Crippen LogP contribution in [-0.2, 0) is 11.2 Å². The van der Waals surface area contributed by atoms with E-state index in [0.29, 0.717) is 52.5 Å². The van der Waals surface area contributed by atoms with Crippen molar-refractivity contribution >= 4 is 34.2 Å². The smallest absolute Gasteiger partial charge is 0.309 e. The van der Waals surface area contributed by atoms with Crippen LogP contribution in [0.4, 0.5) is 10.9 Å². The minimum atomic E-state index is -0.936. The predicted octanol–water partition coefficient (Wildman–Crippen LogP) is 4.00. The average Bonchev–Trinajstić information content (AvgIpc) is 3.21. The highest BCUT2D eigenvalue weighted by Gasteiger charge is 2.55. The molecule has 6 rings (SSSR count). The Bertz CT molecular complexity index is 1120. The summed E-state index contributed by atoms with van der Waals surface area (Å²) in [5.41, 5.74) is 0.319. The maximum absolute atomic E-state index is 13.4. The van der Waals surface area contributed by atoms with E-state index in [1.165, 1.54) is 11.3 Å². The Morgan fingerprint density at radius 3 is 2.61 bits per heavy atom. The Labute approximate surface area is 214 Å². The molecule has 4 aliphatic carbocycles. The molecule has 9 nitrogen and oxygen atoms in total. The summed E-state index contributed by atoms with van der Waals surface area (Å²) >= 11 is 1.29. The van der Waals surface area contributed by atoms with Crippen molar-refractivity contribution in [1.82, 2.24) is 15.3 Å². The molecular formula is C26H34N4O5S. The zero-order valence-corrected chi connectivity index (χ0v) is 21.5. The summed E-state index contributed by atoms with van der Waals surface area (Å²) < 4.78 is 5.98. The number of hydrogen-bond donors (Lipinski definition) is 4. The second-order valence-electron chi connectivity index (χ2n) is 11.1. The summed E-state index contributed by atoms with van der Waals surface area (Å²) in [5, 5.41) is 28.4. The van der Waals surface area contributed by atoms with Crippen LogP contribution in [0.3, 0.4) is 0 Å². The van der Waals surface area contributed by atoms with E-state index in [1.54, 1.807) is 17.5 Å². The molecule has 0 spiro atoms. The van der Waals surface area contributed by atoms with Crippen LogP contribution in [0.2, 0.25) is 0 Å². The normalized spacial score (nSPS) is 28.3. The molecule has 36 heavy (non-hydrogen) atoms. The van der Waals surface area contributed by atoms with Gasteiger partial charge in [-0.25, -0.2) is 4.98 Å². The first-order valence-corrected chi connectivity index (χ1v) is 13.7. The van der Waals surface area contributed by atoms with Crippen LogP contribution in [0.25, 0.3) is 0 Å². The van der Waals surface area contributed by atoms with E-state index in [-0.39, 0.29) is 24.2 Å². The van der Waals surface area contributed by atoms with Gasteiger partial charge in [0.2, 0.25) is 5.88 Å². The van der Waals surface area contributed by atoms with Crippen molar-refractivity contribution in [3.05, 3.63) is 28.8 Å². The Kier molecular flexibility index (Phi) is 6.91. The second-order valence-corrected chi connectivity index (χ2v) is 12.0. The lowest BCUT2D eigenvalue weighted by atomic mass is 9.52. The molecule has 2 unspecified atom stereocenters. The molecule has 0 radical (unpaired) electrons. The first-order valence-electron chi connectivity index (χ1n) is 12.8. The lowest BCUT2D eigenvalue weighted by Gasteiger charge is -2.58. The van der Waals surface area contributed by atoms with Gasteiger partial charge < -0.3 is 25.6 Å². The number of nitrogens with one attached hydrogen (secondary N) is 2. The van der Waals surface area contributed by atoms with Gasteiger partial charge in [-0.15, -0.1) is 11.3 Å². The van der Waals surface area contributed by atoms with Gasteiger partial charge in [-0.2, -0.15) is 4.98 Å². The van der Waals surface area contributed by atoms with Crippen molar-refractivity contribution < 1.29 is 24.5 Å². The van der Waals surface area contributed by atoms with Crippen LogP contribution in [0.5, 0.6) is 5.88 Å². The van der Waals surface area contributed by atoms with Crippen LogP contribution >= 0.6 is 11.3 Å². The van der Waals surface area contributed by atoms with E-state index >= 15 is 0 Å². The molecular weight excluding hydrogens is 480 g/mol. The summed E-state index contributed by atoms with van der Waals surface area (Å²) in [5.74, 6) is 1.26. The van der Waals surface area contributed by atoms with Crippen LogP contribution in [0.1, 0.15) is 68.4 Å². The van der Waals surface area contributed by atoms with Gasteiger partial charge in [0.15, 0.2) is 5.13 Å². The van der Waals surface area contributed by atoms with E-state index in [9.17, 15) is 14.7 Å². The predicted molar refractivity (Wildman–Crippen MR) is 136 cm³/mol. The summed E-state index contributed by atoms with van der Waals surface area (Å²) in [4.78, 5) is 33.2. The first-order chi connectivity index (χ1) is 17.2. The van der Waals surface area contributed by atoms with Crippen molar-refractivity contribution in [3.8, 4) is 5.88 Å². The standard InChI is InChI=1S/C26H34N4O5S/c1-14(2)5-6-35-24-19(3-4-20(28-24)29-25-27-18(13-36-25)9-21(31)32)23(33)30-22-16-7-15-8-17(22)12-26(34,10-15)11-16/h3-4,13-17,22,34H,5-12H2,1-2H3,(H,30,33)(H,31,32)(H,27,28,29). The number of carbonyl (C=O) groups excluding carboxylic acids is 1. The van der Waals surface area contributed by atoms with Crippen LogP contribution < -0.4 is 15.4 Å². The molecule has 194 valence electrons. The Hall–Kier alpha value is -2.72. The van der Waals surface area contributed by atoms with Crippen LogP contribution in [-0.4, -0.2) is 50.3 Å². The number of hydrogen-bond acceptors (Lipinski definition) is 8. The zero-order chi connectivity index (χ0) is 25.4. The zero-order valence-electron chi connectivity index (χ0n) is 20.7. The highest BCUT2D eigenvalue weighted by Crippen LogP contribution is 2.55. The van der Waals surface area contributed by atoms with Gasteiger partial charge in [-0.05, 0) is 74.3 Å². The van der Waals surface area contributed by atoms with E-state index in [2.05, 4.69) is 34.4 Å². The minimum absolute atomic E-state index is 0.0682. The van der Waals surface area contributed by atoms with E-state index in [4.69, 9.17) is 9.84 Å². The molecule has 4 bridgehead atoms. The Balaban J connectivity index is 1.32. The number of thiazole rings is 1. The summed E-state index contributed by atoms with van der Waals surface area (Å²) in [6.07, 6.45) is 5.26. The van der Waals surface area contributed by atoms with Gasteiger partial charge in [0.1, 0.15) is 11.4 Å². The summed E-state index contributed by atoms with van der Waals surface area (Å²) in [7, 11) is 0. The highest BCUT2D eigenvalue weighted by atomic mass is 32.1. The number of amides is 1. The van der Waals surface area contributed by atoms with Crippen molar-refractivity contribution in [3.63, 3.8) is 0 Å². The SMILES string of the molecule is CC(C)CCOc1nc(Nc2nc(CC(=O)O)cs2)ccc1C(=O)NC1C2CC3CC1CC(O)(C3)C2. The molecule has 4 N–H and O–H groups in total. The highest BCUT2D eigenvalue weighted by molar-refractivity contribution is 7.13. The van der Waals surface area contributed by atoms with E-state index in [1.807, 2.05) is 0 Å². The average molecular weight is 515 g/mol. The number of ether oxygens (including phenoxy) is 1. The van der Waals surface area contributed by atoms with Crippen LogP contribution in [0.15, 0.2) is 17.5 Å². The fourth-order valence-electron chi connectivity index (χ4n) is 6.34. The van der Waals surface area contributed by atoms with E-state index in [0.717, 1.165) is 38.5 Å². The maximum Gasteiger partial charge on any atom is 0.309 e. The lowest BCUT2D eigenvalue weighted by molar-refractivity contribution is -0.137. The molecule has 2 aromatic rings. The number of anilines is 2. The Morgan fingerprint density at radius 1 is 1.19 bits per heavy atom. The quantitative estimate of drug-likeness (QED) is 0.374. The second kappa shape index (κ2) is 9.97. The third-order valence-corrected chi connectivity index (χ3v) is 8.50. The van der Waals surface area contributed by atoms with Crippen molar-refractivity contribution in [2.24, 2.45) is 23.7 Å². The van der Waals surface area contributed by atoms with Gasteiger partial charge in [-0.3, -0.25) is 9.59 Å². The van der Waals surface area contributed by atoms with Crippen molar-refractivity contribution in [2.45, 2.75) is 70.4 Å². The Morgan fingerprint density at radius 2 is 1.94 bits per heavy atom. The fourth-order valence-corrected chi connectivity index (χ4v) is 7.06. The van der Waals surface area contributed by atoms with Gasteiger partial charge in [0, 0.05) is 11.4 Å². The molecule has 0 aliphatic heterocycles. The third-order valence-electron chi connectivity index (χ3n) is 7.70. The molecule has 0 aromatic carbocycles. The number of pyridine rings is 1. The van der Waals surface area contributed by atoms with Gasteiger partial charge in [0.25, 0.3) is 5.91 Å². The molecule has 2 atom stereocenters. The molecule has 2 heterocycles. The molecule has 4 aliphatic rings. The molecule has 1 amide bonds. The number of carbonyl (C=O) groups is 2. The van der Waals surface area contributed by atoms with Gasteiger partial charge in [0.05, 0.1) is 24.3 Å². The number of nitrogens with zero attached hydrogens (tertiary/aromatic N) is 2. The molecule has 4 saturated carbocycles. The maximum atomic E-state index is 13.4. The number of rotatable bonds is 10. The third kappa shape index (κ3) is 5.49. The number of aliphatic hydroxyl groups is 1. The molecule has 2 aromatic heterocycles. The largest absolute Gasteiger partial charge is 0.481 e. The first kappa shape index (κ1) is 25.0.